The van der Waals surface area contributed by atoms with Crippen molar-refractivity contribution in [2.24, 2.45) is 7.05 Å². The van der Waals surface area contributed by atoms with Gasteiger partial charge in [0.25, 0.3) is 11.5 Å². The third-order valence-corrected chi connectivity index (χ3v) is 4.14. The minimum Gasteiger partial charge on any atom is -0.334 e. The fourth-order valence-corrected chi connectivity index (χ4v) is 2.44. The molecule has 0 saturated heterocycles. The summed E-state index contributed by atoms with van der Waals surface area (Å²) in [5.41, 5.74) is 1.85. The number of nitrogens with zero attached hydrogens (tertiary/aromatic N) is 6. The molecule has 0 aliphatic rings. The second-order valence-corrected chi connectivity index (χ2v) is 5.70. The van der Waals surface area contributed by atoms with E-state index in [2.05, 4.69) is 15.2 Å². The molecule has 2 heterocycles. The number of rotatable bonds is 4. The smallest absolute Gasteiger partial charge is 0.274 e. The van der Waals surface area contributed by atoms with Crippen LogP contribution in [0.1, 0.15) is 29.0 Å². The first-order valence-corrected chi connectivity index (χ1v) is 7.74. The summed E-state index contributed by atoms with van der Waals surface area (Å²) < 4.78 is 2.82. The highest BCUT2D eigenvalue weighted by atomic mass is 16.2. The monoisotopic (exact) mass is 338 g/mol. The Morgan fingerprint density at radius 2 is 1.88 bits per heavy atom. The number of aromatic nitrogens is 5. The Labute approximate surface area is 144 Å². The predicted octanol–water partition coefficient (Wildman–Crippen LogP) is 1.19. The second kappa shape index (κ2) is 6.68. The summed E-state index contributed by atoms with van der Waals surface area (Å²) in [6.07, 6.45) is 3.10. The molecule has 8 heteroatoms. The van der Waals surface area contributed by atoms with Gasteiger partial charge in [0.15, 0.2) is 0 Å². The summed E-state index contributed by atoms with van der Waals surface area (Å²) >= 11 is 0. The fourth-order valence-electron chi connectivity index (χ4n) is 2.44. The molecule has 2 aromatic heterocycles. The number of benzene rings is 1. The average Bonchev–Trinajstić information content (AvgIpc) is 3.17. The van der Waals surface area contributed by atoms with Crippen molar-refractivity contribution in [3.8, 4) is 5.69 Å². The van der Waals surface area contributed by atoms with Crippen LogP contribution in [-0.2, 0) is 7.05 Å². The lowest BCUT2D eigenvalue weighted by atomic mass is 10.1. The first-order chi connectivity index (χ1) is 12.0. The average molecular weight is 338 g/mol. The zero-order chi connectivity index (χ0) is 18.0. The maximum absolute atomic E-state index is 12.6. The molecule has 0 aliphatic carbocycles. The predicted molar refractivity (Wildman–Crippen MR) is 91.3 cm³/mol. The largest absolute Gasteiger partial charge is 0.334 e. The molecule has 0 N–H and O–H groups in total. The van der Waals surface area contributed by atoms with Crippen molar-refractivity contribution in [1.82, 2.24) is 29.4 Å². The van der Waals surface area contributed by atoms with Crippen molar-refractivity contribution in [2.75, 3.05) is 7.05 Å². The Morgan fingerprint density at radius 3 is 2.48 bits per heavy atom. The number of aryl methyl sites for hydroxylation is 1. The van der Waals surface area contributed by atoms with Crippen LogP contribution >= 0.6 is 0 Å². The minimum absolute atomic E-state index is 0.156. The summed E-state index contributed by atoms with van der Waals surface area (Å²) in [5, 5.41) is 8.10. The van der Waals surface area contributed by atoms with Gasteiger partial charge in [-0.15, -0.1) is 0 Å². The maximum atomic E-state index is 12.6. The van der Waals surface area contributed by atoms with Gasteiger partial charge in [0.05, 0.1) is 11.7 Å². The zero-order valence-electron chi connectivity index (χ0n) is 14.2. The Bertz CT molecular complexity index is 931. The van der Waals surface area contributed by atoms with Gasteiger partial charge in [0.2, 0.25) is 0 Å². The van der Waals surface area contributed by atoms with Crippen LogP contribution in [0.3, 0.4) is 0 Å². The molecule has 3 aromatic rings. The normalized spacial score (nSPS) is 12.0. The highest BCUT2D eigenvalue weighted by Gasteiger charge is 2.20. The van der Waals surface area contributed by atoms with Crippen LogP contribution in [0, 0.1) is 0 Å². The molecule has 0 bridgehead atoms. The molecule has 8 nitrogen and oxygen atoms in total. The van der Waals surface area contributed by atoms with Gasteiger partial charge in [-0.1, -0.05) is 12.1 Å². The standard InChI is InChI=1S/C17H18N6O2/c1-12(13-4-6-14(7-5-13)23-11-18-10-19-23)21(2)17(25)15-8-9-16(24)22(3)20-15/h4-12H,1-3H3. The van der Waals surface area contributed by atoms with Gasteiger partial charge in [0, 0.05) is 20.2 Å². The van der Waals surface area contributed by atoms with Crippen molar-refractivity contribution in [1.29, 1.82) is 0 Å². The number of hydrogen-bond donors (Lipinski definition) is 0. The van der Waals surface area contributed by atoms with Crippen molar-refractivity contribution >= 4 is 5.91 Å². The van der Waals surface area contributed by atoms with Crippen LogP contribution in [-0.4, -0.2) is 42.4 Å². The molecule has 3 rings (SSSR count). The summed E-state index contributed by atoms with van der Waals surface area (Å²) in [5.74, 6) is -0.247. The molecule has 1 aromatic carbocycles. The van der Waals surface area contributed by atoms with Crippen molar-refractivity contribution in [3.63, 3.8) is 0 Å². The lowest BCUT2D eigenvalue weighted by molar-refractivity contribution is 0.0734. The van der Waals surface area contributed by atoms with E-state index in [1.54, 1.807) is 23.0 Å². The topological polar surface area (TPSA) is 85.9 Å². The molecule has 128 valence electrons. The molecule has 0 fully saturated rings. The van der Waals surface area contributed by atoms with Crippen LogP contribution in [0.5, 0.6) is 0 Å². The van der Waals surface area contributed by atoms with Gasteiger partial charge in [-0.3, -0.25) is 9.59 Å². The molecule has 1 atom stereocenters. The van der Waals surface area contributed by atoms with Crippen LogP contribution in [0.4, 0.5) is 0 Å². The van der Waals surface area contributed by atoms with Gasteiger partial charge in [-0.05, 0) is 30.7 Å². The van der Waals surface area contributed by atoms with Crippen molar-refractivity contribution < 1.29 is 4.79 Å². The summed E-state index contributed by atoms with van der Waals surface area (Å²) in [6.45, 7) is 1.93. The third-order valence-electron chi connectivity index (χ3n) is 4.14. The van der Waals surface area contributed by atoms with Gasteiger partial charge in [-0.25, -0.2) is 14.3 Å². The number of carbonyl (C=O) groups is 1. The molecule has 0 aliphatic heterocycles. The minimum atomic E-state index is -0.254. The molecule has 25 heavy (non-hydrogen) atoms. The zero-order valence-corrected chi connectivity index (χ0v) is 14.2. The number of hydrogen-bond acceptors (Lipinski definition) is 5. The van der Waals surface area contributed by atoms with E-state index in [-0.39, 0.29) is 23.2 Å². The van der Waals surface area contributed by atoms with E-state index in [0.29, 0.717) is 0 Å². The molecular formula is C17H18N6O2. The van der Waals surface area contributed by atoms with Gasteiger partial charge < -0.3 is 4.90 Å². The van der Waals surface area contributed by atoms with Crippen LogP contribution in [0.2, 0.25) is 0 Å². The van der Waals surface area contributed by atoms with Gasteiger partial charge in [-0.2, -0.15) is 10.2 Å². The Kier molecular flexibility index (Phi) is 4.42. The van der Waals surface area contributed by atoms with E-state index in [1.165, 1.54) is 25.5 Å². The van der Waals surface area contributed by atoms with Crippen LogP contribution in [0.15, 0.2) is 53.8 Å². The van der Waals surface area contributed by atoms with Gasteiger partial charge >= 0.3 is 0 Å². The molecule has 0 radical (unpaired) electrons. The lowest BCUT2D eigenvalue weighted by Crippen LogP contribution is -2.32. The number of amides is 1. The van der Waals surface area contributed by atoms with Gasteiger partial charge in [0.1, 0.15) is 18.3 Å². The quantitative estimate of drug-likeness (QED) is 0.713. The molecule has 1 unspecified atom stereocenters. The van der Waals surface area contributed by atoms with E-state index < -0.39 is 0 Å². The molecule has 0 spiro atoms. The third kappa shape index (κ3) is 3.32. The summed E-state index contributed by atoms with van der Waals surface area (Å²) in [4.78, 5) is 29.5. The first-order valence-electron chi connectivity index (χ1n) is 7.74. The van der Waals surface area contributed by atoms with E-state index in [4.69, 9.17) is 0 Å². The Balaban J connectivity index is 1.79. The maximum Gasteiger partial charge on any atom is 0.274 e. The molecule has 0 saturated carbocycles. The fraction of sp³-hybridized carbons (Fsp3) is 0.235. The van der Waals surface area contributed by atoms with Crippen molar-refractivity contribution in [3.05, 3.63) is 70.7 Å². The van der Waals surface area contributed by atoms with E-state index in [0.717, 1.165) is 15.9 Å². The van der Waals surface area contributed by atoms with E-state index in [9.17, 15) is 9.59 Å². The lowest BCUT2D eigenvalue weighted by Gasteiger charge is -2.25. The highest BCUT2D eigenvalue weighted by Crippen LogP contribution is 2.21. The SMILES string of the molecule is CC(c1ccc(-n2cncn2)cc1)N(C)C(=O)c1ccc(=O)n(C)n1. The number of carbonyl (C=O) groups excluding carboxylic acids is 1. The highest BCUT2D eigenvalue weighted by molar-refractivity contribution is 5.92. The van der Waals surface area contributed by atoms with E-state index >= 15 is 0 Å². The van der Waals surface area contributed by atoms with Crippen LogP contribution in [0.25, 0.3) is 5.69 Å². The van der Waals surface area contributed by atoms with Crippen molar-refractivity contribution in [2.45, 2.75) is 13.0 Å². The molecule has 1 amide bonds. The Hall–Kier alpha value is -3.29. The molecular weight excluding hydrogens is 320 g/mol. The Morgan fingerprint density at radius 1 is 1.16 bits per heavy atom. The van der Waals surface area contributed by atoms with Crippen LogP contribution < -0.4 is 5.56 Å². The second-order valence-electron chi connectivity index (χ2n) is 5.70. The summed E-state index contributed by atoms with van der Waals surface area (Å²) in [7, 11) is 3.23. The summed E-state index contributed by atoms with van der Waals surface area (Å²) in [6, 6.07) is 10.4. The first kappa shape index (κ1) is 16.6. The van der Waals surface area contributed by atoms with E-state index in [1.807, 2.05) is 31.2 Å².